The van der Waals surface area contributed by atoms with Crippen LogP contribution < -0.4 is 0 Å². The van der Waals surface area contributed by atoms with Gasteiger partial charge in [-0.15, -0.1) is 11.3 Å². The molecule has 9 heteroatoms. The van der Waals surface area contributed by atoms with Crippen molar-refractivity contribution in [1.82, 2.24) is 4.98 Å². The molecule has 0 aliphatic heterocycles. The minimum atomic E-state index is -0.357. The molecular weight excluding hydrogens is 391 g/mol. The van der Waals surface area contributed by atoms with Crippen LogP contribution in [-0.4, -0.2) is 40.4 Å². The molecule has 1 unspecified atom stereocenters. The molecule has 0 bridgehead atoms. The van der Waals surface area contributed by atoms with Gasteiger partial charge in [-0.2, -0.15) is 0 Å². The van der Waals surface area contributed by atoms with Crippen LogP contribution in [0, 0.1) is 0 Å². The van der Waals surface area contributed by atoms with Crippen LogP contribution in [0.2, 0.25) is 5.54 Å². The quantitative estimate of drug-likeness (QED) is 0.239. The van der Waals surface area contributed by atoms with Crippen LogP contribution in [0.4, 0.5) is 0 Å². The van der Waals surface area contributed by atoms with Crippen LogP contribution in [0.25, 0.3) is 10.2 Å². The van der Waals surface area contributed by atoms with Crippen LogP contribution in [0.3, 0.4) is 0 Å². The Morgan fingerprint density at radius 3 is 2.73 bits per heavy atom. The van der Waals surface area contributed by atoms with Crippen molar-refractivity contribution in [3.8, 4) is 0 Å². The number of thiazole rings is 1. The third-order valence-electron chi connectivity index (χ3n) is 2.93. The van der Waals surface area contributed by atoms with Crippen molar-refractivity contribution in [2.45, 2.75) is 22.7 Å². The Morgan fingerprint density at radius 2 is 2.00 bits per heavy atom. The van der Waals surface area contributed by atoms with Crippen LogP contribution in [0.15, 0.2) is 28.6 Å². The maximum atomic E-state index is 5.29. The van der Waals surface area contributed by atoms with Gasteiger partial charge in [-0.3, -0.25) is 0 Å². The Kier molecular flexibility index (Phi) is 9.06. The van der Waals surface area contributed by atoms with E-state index in [4.69, 9.17) is 9.47 Å². The highest BCUT2D eigenvalue weighted by atomic mass is 33.7. The molecule has 2 aromatic rings. The summed E-state index contributed by atoms with van der Waals surface area (Å²) >= 11 is 1.76. The highest BCUT2D eigenvalue weighted by Crippen LogP contribution is 2.48. The van der Waals surface area contributed by atoms with Gasteiger partial charge in [0.25, 0.3) is 0 Å². The molecule has 1 aromatic heterocycles. The SMILES string of the molecule is COC(OC)[SiH2]C(C)CSSSSc1nc2ccccc2s1. The second-order valence-electron chi connectivity index (χ2n) is 4.69. The molecule has 2 rings (SSSR count). The predicted molar refractivity (Wildman–Crippen MR) is 109 cm³/mol. The topological polar surface area (TPSA) is 31.4 Å². The predicted octanol–water partition coefficient (Wildman–Crippen LogP) is 4.89. The first-order valence-electron chi connectivity index (χ1n) is 6.77. The normalized spacial score (nSPS) is 13.6. The lowest BCUT2D eigenvalue weighted by atomic mass is 10.3. The number of nitrogens with zero attached hydrogens (tertiary/aromatic N) is 1. The molecule has 1 heterocycles. The minimum absolute atomic E-state index is 0.0466. The summed E-state index contributed by atoms with van der Waals surface area (Å²) in [4.78, 5) is 4.62. The van der Waals surface area contributed by atoms with Gasteiger partial charge in [-0.25, -0.2) is 4.98 Å². The van der Waals surface area contributed by atoms with E-state index in [1.165, 1.54) is 4.70 Å². The van der Waals surface area contributed by atoms with Crippen molar-refractivity contribution in [3.63, 3.8) is 0 Å². The zero-order valence-corrected chi connectivity index (χ0v) is 18.2. The molecule has 0 saturated carbocycles. The van der Waals surface area contributed by atoms with E-state index in [2.05, 4.69) is 30.1 Å². The number of rotatable bonds is 10. The van der Waals surface area contributed by atoms with Crippen molar-refractivity contribution in [2.24, 2.45) is 0 Å². The van der Waals surface area contributed by atoms with Gasteiger partial charge in [-0.1, -0.05) is 29.9 Å². The Balaban J connectivity index is 1.62. The molecule has 122 valence electrons. The van der Waals surface area contributed by atoms with Crippen molar-refractivity contribution < 1.29 is 9.47 Å². The van der Waals surface area contributed by atoms with Gasteiger partial charge in [0.2, 0.25) is 0 Å². The van der Waals surface area contributed by atoms with Gasteiger partial charge < -0.3 is 9.47 Å². The van der Waals surface area contributed by atoms with Crippen LogP contribution in [-0.2, 0) is 9.47 Å². The molecule has 0 amide bonds. The zero-order chi connectivity index (χ0) is 15.8. The summed E-state index contributed by atoms with van der Waals surface area (Å²) in [5.74, 6) is 1.19. The van der Waals surface area contributed by atoms with Gasteiger partial charge in [0, 0.05) is 20.0 Å². The summed E-state index contributed by atoms with van der Waals surface area (Å²) in [6.45, 7) is 2.29. The Labute approximate surface area is 153 Å². The standard InChI is InChI=1S/C13H19NO2S5Si/c1-9(22-13(15-2)16-3)8-17-20-21-19-12-14-10-6-4-5-7-11(10)18-12/h4-7,9,13H,8,22H2,1-3H3. The Hall–Kier alpha value is 0.647. The van der Waals surface area contributed by atoms with E-state index in [9.17, 15) is 0 Å². The van der Waals surface area contributed by atoms with E-state index in [0.29, 0.717) is 5.54 Å². The highest BCUT2D eigenvalue weighted by Gasteiger charge is 2.13. The fraction of sp³-hybridized carbons (Fsp3) is 0.462. The third-order valence-corrected chi connectivity index (χ3v) is 13.3. The summed E-state index contributed by atoms with van der Waals surface area (Å²) in [6, 6.07) is 8.28. The molecule has 0 fully saturated rings. The van der Waals surface area contributed by atoms with Crippen LogP contribution >= 0.6 is 52.6 Å². The molecule has 22 heavy (non-hydrogen) atoms. The van der Waals surface area contributed by atoms with Gasteiger partial charge in [-0.05, 0) is 48.1 Å². The molecular formula is C13H19NO2S5Si. The summed E-state index contributed by atoms with van der Waals surface area (Å²) in [5.41, 5.74) is 1.80. The number of methoxy groups -OCH3 is 2. The summed E-state index contributed by atoms with van der Waals surface area (Å²) in [7, 11) is 10.4. The van der Waals surface area contributed by atoms with E-state index < -0.39 is 0 Å². The number of hydrogen-bond acceptors (Lipinski definition) is 8. The van der Waals surface area contributed by atoms with Gasteiger partial charge in [0.15, 0.2) is 4.34 Å². The van der Waals surface area contributed by atoms with Gasteiger partial charge in [0.1, 0.15) is 5.91 Å². The second-order valence-corrected chi connectivity index (χ2v) is 14.4. The first-order valence-corrected chi connectivity index (χ1v) is 14.2. The molecule has 1 aromatic carbocycles. The van der Waals surface area contributed by atoms with E-state index in [1.54, 1.807) is 46.2 Å². The molecule has 0 aliphatic rings. The van der Waals surface area contributed by atoms with Gasteiger partial charge >= 0.3 is 0 Å². The number of hydrogen-bond donors (Lipinski definition) is 0. The van der Waals surface area contributed by atoms with E-state index >= 15 is 0 Å². The minimum Gasteiger partial charge on any atom is -0.360 e. The molecule has 3 nitrogen and oxygen atoms in total. The average molecular weight is 410 g/mol. The smallest absolute Gasteiger partial charge is 0.162 e. The number of fused-ring (bicyclic) bond motifs is 1. The fourth-order valence-electron chi connectivity index (χ4n) is 1.78. The number of ether oxygens (including phenoxy) is 2. The lowest BCUT2D eigenvalue weighted by Gasteiger charge is -2.16. The summed E-state index contributed by atoms with van der Waals surface area (Å²) < 4.78 is 13.0. The van der Waals surface area contributed by atoms with Gasteiger partial charge in [0.05, 0.1) is 19.7 Å². The number of benzene rings is 1. The average Bonchev–Trinajstić information content (AvgIpc) is 2.95. The van der Waals surface area contributed by atoms with Crippen molar-refractivity contribution >= 4 is 72.3 Å². The lowest BCUT2D eigenvalue weighted by molar-refractivity contribution is -0.0445. The zero-order valence-electron chi connectivity index (χ0n) is 12.7. The van der Waals surface area contributed by atoms with E-state index in [1.807, 2.05) is 26.7 Å². The molecule has 0 N–H and O–H groups in total. The van der Waals surface area contributed by atoms with Crippen molar-refractivity contribution in [3.05, 3.63) is 24.3 Å². The highest BCUT2D eigenvalue weighted by molar-refractivity contribution is 9.26. The van der Waals surface area contributed by atoms with Crippen LogP contribution in [0.1, 0.15) is 6.92 Å². The molecule has 0 saturated heterocycles. The maximum Gasteiger partial charge on any atom is 0.162 e. The van der Waals surface area contributed by atoms with Crippen molar-refractivity contribution in [1.29, 1.82) is 0 Å². The van der Waals surface area contributed by atoms with E-state index in [0.717, 1.165) is 15.6 Å². The molecule has 0 spiro atoms. The number of para-hydroxylation sites is 1. The maximum absolute atomic E-state index is 5.29. The second kappa shape index (κ2) is 10.5. The largest absolute Gasteiger partial charge is 0.360 e. The Morgan fingerprint density at radius 1 is 1.23 bits per heavy atom. The van der Waals surface area contributed by atoms with Crippen LogP contribution in [0.5, 0.6) is 0 Å². The first kappa shape index (κ1) is 19.0. The number of aromatic nitrogens is 1. The van der Waals surface area contributed by atoms with E-state index in [-0.39, 0.29) is 15.4 Å². The lowest BCUT2D eigenvalue weighted by Crippen LogP contribution is -2.25. The first-order chi connectivity index (χ1) is 10.7. The molecule has 1 atom stereocenters. The summed E-state index contributed by atoms with van der Waals surface area (Å²) in [6.07, 6.45) is 0. The third kappa shape index (κ3) is 6.27. The van der Waals surface area contributed by atoms with Crippen molar-refractivity contribution in [2.75, 3.05) is 20.0 Å². The Bertz CT molecular complexity index is 533. The monoisotopic (exact) mass is 409 g/mol. The fourth-order valence-corrected chi connectivity index (χ4v) is 11.7. The molecule has 0 radical (unpaired) electrons. The summed E-state index contributed by atoms with van der Waals surface area (Å²) in [5, 5.41) is 0. The molecule has 0 aliphatic carbocycles.